The minimum atomic E-state index is -3.38. The molecular weight excluding hydrogens is 372 g/mol. The number of anilines is 1. The molecule has 0 spiro atoms. The van der Waals surface area contributed by atoms with Crippen molar-refractivity contribution in [3.63, 3.8) is 0 Å². The molecule has 0 radical (unpaired) electrons. The summed E-state index contributed by atoms with van der Waals surface area (Å²) in [5.74, 6) is 0.502. The molecule has 8 nitrogen and oxygen atoms in total. The second-order valence-electron chi connectivity index (χ2n) is 7.08. The van der Waals surface area contributed by atoms with Gasteiger partial charge in [-0.25, -0.2) is 8.42 Å². The normalized spacial score (nSPS) is 26.6. The van der Waals surface area contributed by atoms with Crippen LogP contribution >= 0.6 is 0 Å². The number of amides is 1. The summed E-state index contributed by atoms with van der Waals surface area (Å²) in [5.41, 5.74) is 1.33. The van der Waals surface area contributed by atoms with Crippen LogP contribution in [0.2, 0.25) is 0 Å². The largest absolute Gasteiger partial charge is 0.487 e. The molecule has 0 saturated carbocycles. The molecule has 1 aromatic rings. The first-order chi connectivity index (χ1) is 12.8. The van der Waals surface area contributed by atoms with E-state index in [4.69, 9.17) is 9.47 Å². The number of benzene rings is 1. The van der Waals surface area contributed by atoms with Crippen LogP contribution in [0.3, 0.4) is 0 Å². The van der Waals surface area contributed by atoms with Gasteiger partial charge in [0.25, 0.3) is 0 Å². The predicted octanol–water partition coefficient (Wildman–Crippen LogP) is 0.969. The van der Waals surface area contributed by atoms with Crippen LogP contribution in [0.25, 0.3) is 0 Å². The van der Waals surface area contributed by atoms with Gasteiger partial charge in [0.15, 0.2) is 0 Å². The van der Waals surface area contributed by atoms with E-state index in [9.17, 15) is 18.3 Å². The monoisotopic (exact) mass is 398 g/mol. The van der Waals surface area contributed by atoms with Crippen LogP contribution in [0.1, 0.15) is 37.7 Å². The summed E-state index contributed by atoms with van der Waals surface area (Å²) < 4.78 is 37.3. The topological polar surface area (TPSA) is 114 Å². The molecule has 2 aliphatic heterocycles. The van der Waals surface area contributed by atoms with E-state index < -0.39 is 16.1 Å². The lowest BCUT2D eigenvalue weighted by molar-refractivity contribution is -0.142. The summed E-state index contributed by atoms with van der Waals surface area (Å²) in [6, 6.07) is 5.12. The van der Waals surface area contributed by atoms with E-state index >= 15 is 0 Å². The Morgan fingerprint density at radius 1 is 1.37 bits per heavy atom. The molecule has 3 rings (SSSR count). The highest BCUT2D eigenvalue weighted by atomic mass is 32.2. The first-order valence-electron chi connectivity index (χ1n) is 9.12. The molecule has 9 heteroatoms. The number of carbonyl (C=O) groups excluding carboxylic acids is 1. The number of nitrogens with one attached hydrogen (secondary N) is 2. The number of hydrogen-bond donors (Lipinski definition) is 3. The fourth-order valence-electron chi connectivity index (χ4n) is 3.71. The Bertz CT molecular complexity index is 797. The van der Waals surface area contributed by atoms with Crippen molar-refractivity contribution in [2.75, 3.05) is 24.1 Å². The number of ether oxygens (including phenoxy) is 2. The van der Waals surface area contributed by atoms with Crippen LogP contribution in [0, 0.1) is 0 Å². The van der Waals surface area contributed by atoms with Crippen LogP contribution in [-0.4, -0.2) is 57.2 Å². The zero-order chi connectivity index (χ0) is 19.6. The lowest BCUT2D eigenvalue weighted by Crippen LogP contribution is -2.47. The van der Waals surface area contributed by atoms with E-state index in [1.807, 2.05) is 6.92 Å². The molecule has 0 aromatic heterocycles. The van der Waals surface area contributed by atoms with Crippen molar-refractivity contribution in [2.45, 2.75) is 50.4 Å². The van der Waals surface area contributed by atoms with E-state index in [-0.39, 0.29) is 37.1 Å². The zero-order valence-electron chi connectivity index (χ0n) is 15.5. The second-order valence-corrected chi connectivity index (χ2v) is 8.83. The van der Waals surface area contributed by atoms with E-state index in [1.54, 1.807) is 18.2 Å². The fourth-order valence-corrected chi connectivity index (χ4v) is 4.27. The molecular formula is C18H26N2O6S. The number of fused-ring (bicyclic) bond motifs is 3. The van der Waals surface area contributed by atoms with Gasteiger partial charge in [-0.3, -0.25) is 9.52 Å². The minimum absolute atomic E-state index is 0.0730. The van der Waals surface area contributed by atoms with Gasteiger partial charge in [-0.2, -0.15) is 0 Å². The van der Waals surface area contributed by atoms with Crippen molar-refractivity contribution in [1.82, 2.24) is 5.32 Å². The maximum Gasteiger partial charge on any atom is 0.229 e. The lowest BCUT2D eigenvalue weighted by Gasteiger charge is -2.37. The van der Waals surface area contributed by atoms with Gasteiger partial charge in [0.05, 0.1) is 25.4 Å². The molecule has 1 amide bonds. The van der Waals surface area contributed by atoms with Crippen molar-refractivity contribution >= 4 is 21.6 Å². The summed E-state index contributed by atoms with van der Waals surface area (Å²) >= 11 is 0. The van der Waals surface area contributed by atoms with E-state index in [0.29, 0.717) is 24.4 Å². The molecule has 2 heterocycles. The van der Waals surface area contributed by atoms with Gasteiger partial charge >= 0.3 is 0 Å². The van der Waals surface area contributed by atoms with Gasteiger partial charge in [-0.05, 0) is 31.0 Å². The van der Waals surface area contributed by atoms with Gasteiger partial charge < -0.3 is 19.9 Å². The third-order valence-corrected chi connectivity index (χ3v) is 5.39. The van der Waals surface area contributed by atoms with Crippen molar-refractivity contribution in [3.8, 4) is 5.75 Å². The summed E-state index contributed by atoms with van der Waals surface area (Å²) in [6.07, 6.45) is 1.52. The number of aliphatic hydroxyl groups is 1. The number of aliphatic hydroxyl groups excluding tert-OH is 1. The van der Waals surface area contributed by atoms with Crippen molar-refractivity contribution in [2.24, 2.45) is 0 Å². The second kappa shape index (κ2) is 8.04. The molecule has 1 aromatic carbocycles. The lowest BCUT2D eigenvalue weighted by atomic mass is 9.84. The Morgan fingerprint density at radius 3 is 2.81 bits per heavy atom. The first kappa shape index (κ1) is 19.9. The average Bonchev–Trinajstić information content (AvgIpc) is 2.96. The SMILES string of the molecule is CCCNC(=O)C[C@@H]1C[C@@H]2c3cc(NS(C)(=O)=O)ccc3O[C@@H]2[C@@H](CO)O1. The van der Waals surface area contributed by atoms with E-state index in [0.717, 1.165) is 18.2 Å². The van der Waals surface area contributed by atoms with Gasteiger partial charge in [-0.1, -0.05) is 6.92 Å². The Morgan fingerprint density at radius 2 is 2.15 bits per heavy atom. The highest BCUT2D eigenvalue weighted by molar-refractivity contribution is 7.92. The predicted molar refractivity (Wildman–Crippen MR) is 100 cm³/mol. The summed E-state index contributed by atoms with van der Waals surface area (Å²) in [4.78, 5) is 12.1. The summed E-state index contributed by atoms with van der Waals surface area (Å²) in [5, 5.41) is 12.6. The van der Waals surface area contributed by atoms with E-state index in [2.05, 4.69) is 10.0 Å². The quantitative estimate of drug-likeness (QED) is 0.631. The molecule has 1 fully saturated rings. The molecule has 150 valence electrons. The number of carbonyl (C=O) groups is 1. The summed E-state index contributed by atoms with van der Waals surface area (Å²) in [7, 11) is -3.38. The molecule has 1 saturated heterocycles. The Hall–Kier alpha value is -1.84. The number of rotatable bonds is 7. The molecule has 0 unspecified atom stereocenters. The van der Waals surface area contributed by atoms with Crippen LogP contribution in [0.5, 0.6) is 5.75 Å². The smallest absolute Gasteiger partial charge is 0.229 e. The Balaban J connectivity index is 1.79. The van der Waals surface area contributed by atoms with Crippen LogP contribution < -0.4 is 14.8 Å². The molecule has 27 heavy (non-hydrogen) atoms. The number of hydrogen-bond acceptors (Lipinski definition) is 6. The van der Waals surface area contributed by atoms with Gasteiger partial charge in [0.2, 0.25) is 15.9 Å². The molecule has 2 aliphatic rings. The number of sulfonamides is 1. The van der Waals surface area contributed by atoms with Crippen molar-refractivity contribution in [3.05, 3.63) is 23.8 Å². The minimum Gasteiger partial charge on any atom is -0.487 e. The molecule has 0 bridgehead atoms. The van der Waals surface area contributed by atoms with Crippen molar-refractivity contribution < 1.29 is 27.8 Å². The van der Waals surface area contributed by atoms with Gasteiger partial charge in [-0.15, -0.1) is 0 Å². The molecule has 3 N–H and O–H groups in total. The fraction of sp³-hybridized carbons (Fsp3) is 0.611. The third kappa shape index (κ3) is 4.72. The van der Waals surface area contributed by atoms with Crippen LogP contribution in [0.4, 0.5) is 5.69 Å². The third-order valence-electron chi connectivity index (χ3n) is 4.79. The maximum atomic E-state index is 12.1. The van der Waals surface area contributed by atoms with E-state index in [1.165, 1.54) is 0 Å². The Kier molecular flexibility index (Phi) is 5.92. The molecule has 4 atom stereocenters. The standard InChI is InChI=1S/C18H26N2O6S/c1-3-6-19-17(22)9-12-8-14-13-7-11(20-27(2,23)24)4-5-15(13)26-18(14)16(10-21)25-12/h4-5,7,12,14,16,18,20-21H,3,6,8-10H2,1-2H3,(H,19,22)/t12-,14+,16+,18-/m0/s1. The van der Waals surface area contributed by atoms with Gasteiger partial charge in [0.1, 0.15) is 18.0 Å². The van der Waals surface area contributed by atoms with Crippen molar-refractivity contribution in [1.29, 1.82) is 0 Å². The van der Waals surface area contributed by atoms with Crippen LogP contribution in [0.15, 0.2) is 18.2 Å². The first-order valence-corrected chi connectivity index (χ1v) is 11.0. The maximum absolute atomic E-state index is 12.1. The molecule has 0 aliphatic carbocycles. The highest BCUT2D eigenvalue weighted by Gasteiger charge is 2.46. The highest BCUT2D eigenvalue weighted by Crippen LogP contribution is 2.47. The van der Waals surface area contributed by atoms with Crippen LogP contribution in [-0.2, 0) is 19.6 Å². The van der Waals surface area contributed by atoms with Gasteiger partial charge in [0, 0.05) is 23.7 Å². The Labute approximate surface area is 159 Å². The summed E-state index contributed by atoms with van der Waals surface area (Å²) in [6.45, 7) is 2.39. The zero-order valence-corrected chi connectivity index (χ0v) is 16.3. The average molecular weight is 398 g/mol.